The van der Waals surface area contributed by atoms with E-state index in [-0.39, 0.29) is 17.6 Å². The zero-order valence-electron chi connectivity index (χ0n) is 15.9. The Morgan fingerprint density at radius 3 is 2.62 bits per heavy atom. The molecular formula is C22H19FN2O3S. The molecule has 0 unspecified atom stereocenters. The molecule has 2 aromatic carbocycles. The Morgan fingerprint density at radius 1 is 1.10 bits per heavy atom. The number of anilines is 1. The molecule has 2 amide bonds. The smallest absolute Gasteiger partial charge is 0.253 e. The van der Waals surface area contributed by atoms with Gasteiger partial charge in [-0.3, -0.25) is 9.59 Å². The van der Waals surface area contributed by atoms with Gasteiger partial charge in [0.15, 0.2) is 0 Å². The zero-order chi connectivity index (χ0) is 20.8. The summed E-state index contributed by atoms with van der Waals surface area (Å²) in [6.07, 6.45) is 3.02. The highest BCUT2D eigenvalue weighted by Gasteiger charge is 2.13. The van der Waals surface area contributed by atoms with Crippen LogP contribution in [0.5, 0.6) is 5.75 Å². The maximum atomic E-state index is 13.9. The Hall–Kier alpha value is -3.45. The third-order valence-electron chi connectivity index (χ3n) is 4.12. The Labute approximate surface area is 171 Å². The number of carbonyl (C=O) groups excluding carboxylic acids is 2. The number of carbonyl (C=O) groups is 2. The van der Waals surface area contributed by atoms with E-state index in [0.717, 1.165) is 9.75 Å². The number of thiophene rings is 1. The van der Waals surface area contributed by atoms with E-state index in [1.807, 2.05) is 12.1 Å². The maximum absolute atomic E-state index is 13.9. The van der Waals surface area contributed by atoms with Crippen molar-refractivity contribution in [2.45, 2.75) is 0 Å². The second-order valence-electron chi connectivity index (χ2n) is 6.00. The van der Waals surface area contributed by atoms with E-state index in [9.17, 15) is 14.0 Å². The van der Waals surface area contributed by atoms with E-state index in [1.54, 1.807) is 42.5 Å². The van der Waals surface area contributed by atoms with Crippen LogP contribution in [0.3, 0.4) is 0 Å². The van der Waals surface area contributed by atoms with Crippen LogP contribution in [-0.2, 0) is 4.79 Å². The molecule has 2 N–H and O–H groups in total. The molecule has 0 aliphatic rings. The summed E-state index contributed by atoms with van der Waals surface area (Å²) >= 11 is 1.38. The van der Waals surface area contributed by atoms with Crippen molar-refractivity contribution in [3.63, 3.8) is 0 Å². The van der Waals surface area contributed by atoms with Crippen LogP contribution in [0.2, 0.25) is 0 Å². The predicted molar refractivity (Wildman–Crippen MR) is 114 cm³/mol. The number of amides is 2. The second-order valence-corrected chi connectivity index (χ2v) is 7.11. The van der Waals surface area contributed by atoms with Gasteiger partial charge >= 0.3 is 0 Å². The molecule has 1 aromatic heterocycles. The molecule has 0 aliphatic heterocycles. The fraction of sp³-hybridized carbons (Fsp3) is 0.0909. The summed E-state index contributed by atoms with van der Waals surface area (Å²) in [5, 5.41) is 5.23. The minimum Gasteiger partial charge on any atom is -0.497 e. The van der Waals surface area contributed by atoms with Crippen molar-refractivity contribution < 1.29 is 18.7 Å². The molecule has 0 bridgehead atoms. The lowest BCUT2D eigenvalue weighted by Gasteiger charge is -2.10. The van der Waals surface area contributed by atoms with Gasteiger partial charge in [0.05, 0.1) is 18.4 Å². The number of hydrogen-bond acceptors (Lipinski definition) is 4. The van der Waals surface area contributed by atoms with Crippen LogP contribution < -0.4 is 15.4 Å². The number of nitrogens with one attached hydrogen (secondary N) is 2. The monoisotopic (exact) mass is 410 g/mol. The Morgan fingerprint density at radius 2 is 1.90 bits per heavy atom. The van der Waals surface area contributed by atoms with Gasteiger partial charge in [-0.2, -0.15) is 0 Å². The summed E-state index contributed by atoms with van der Waals surface area (Å²) in [5.41, 5.74) is 1.19. The molecule has 3 rings (SSSR count). The molecule has 0 saturated heterocycles. The molecule has 0 spiro atoms. The lowest BCUT2D eigenvalue weighted by atomic mass is 10.1. The molecule has 0 atom stereocenters. The van der Waals surface area contributed by atoms with Crippen LogP contribution in [0.25, 0.3) is 16.5 Å². The van der Waals surface area contributed by atoms with E-state index in [4.69, 9.17) is 4.74 Å². The van der Waals surface area contributed by atoms with Crippen molar-refractivity contribution in [3.05, 3.63) is 76.9 Å². The maximum Gasteiger partial charge on any atom is 0.253 e. The van der Waals surface area contributed by atoms with Crippen molar-refractivity contribution in [1.82, 2.24) is 5.32 Å². The molecule has 0 radical (unpaired) electrons. The van der Waals surface area contributed by atoms with Crippen LogP contribution in [0.1, 0.15) is 15.2 Å². The summed E-state index contributed by atoms with van der Waals surface area (Å²) in [5.74, 6) is -0.502. The molecule has 29 heavy (non-hydrogen) atoms. The molecule has 7 heteroatoms. The SMILES string of the molecule is CNC(=O)c1cc(OC)ccc1NC(=O)C=Cc1ccc(-c2ccccc2F)s1. The van der Waals surface area contributed by atoms with Crippen molar-refractivity contribution in [1.29, 1.82) is 0 Å². The third kappa shape index (κ3) is 4.89. The average molecular weight is 410 g/mol. The normalized spacial score (nSPS) is 10.7. The molecule has 3 aromatic rings. The second kappa shape index (κ2) is 9.16. The van der Waals surface area contributed by atoms with Crippen LogP contribution in [0.4, 0.5) is 10.1 Å². The van der Waals surface area contributed by atoms with Gasteiger partial charge in [-0.25, -0.2) is 4.39 Å². The van der Waals surface area contributed by atoms with Gasteiger partial charge in [-0.1, -0.05) is 18.2 Å². The first kappa shape index (κ1) is 20.3. The largest absolute Gasteiger partial charge is 0.497 e. The Kier molecular flexibility index (Phi) is 6.41. The summed E-state index contributed by atoms with van der Waals surface area (Å²) in [6, 6.07) is 15.0. The van der Waals surface area contributed by atoms with E-state index >= 15 is 0 Å². The van der Waals surface area contributed by atoms with Crippen molar-refractivity contribution in [2.24, 2.45) is 0 Å². The standard InChI is InChI=1S/C22H19FN2O3S/c1-24-22(27)17-13-14(28-2)7-10-19(17)25-21(26)12-9-15-8-11-20(29-15)16-5-3-4-6-18(16)23/h3-13H,1-2H3,(H,24,27)(H,25,26). The first-order valence-electron chi connectivity index (χ1n) is 8.75. The molecule has 5 nitrogen and oxygen atoms in total. The zero-order valence-corrected chi connectivity index (χ0v) is 16.7. The van der Waals surface area contributed by atoms with Gasteiger partial charge in [-0.05, 0) is 42.5 Å². The first-order valence-corrected chi connectivity index (χ1v) is 9.57. The van der Waals surface area contributed by atoms with Crippen LogP contribution in [0, 0.1) is 5.82 Å². The van der Waals surface area contributed by atoms with E-state index in [0.29, 0.717) is 22.6 Å². The van der Waals surface area contributed by atoms with E-state index < -0.39 is 0 Å². The van der Waals surface area contributed by atoms with Gasteiger partial charge in [0.2, 0.25) is 5.91 Å². The summed E-state index contributed by atoms with van der Waals surface area (Å²) in [6.45, 7) is 0. The summed E-state index contributed by atoms with van der Waals surface area (Å²) in [4.78, 5) is 26.0. The van der Waals surface area contributed by atoms with Crippen molar-refractivity contribution in [2.75, 3.05) is 19.5 Å². The molecule has 0 saturated carbocycles. The molecule has 148 valence electrons. The van der Waals surface area contributed by atoms with Gasteiger partial charge in [-0.15, -0.1) is 11.3 Å². The van der Waals surface area contributed by atoms with Crippen molar-refractivity contribution in [3.8, 4) is 16.2 Å². The third-order valence-corrected chi connectivity index (χ3v) is 5.21. The topological polar surface area (TPSA) is 67.4 Å². The highest BCUT2D eigenvalue weighted by molar-refractivity contribution is 7.16. The molecule has 1 heterocycles. The lowest BCUT2D eigenvalue weighted by Crippen LogP contribution is -2.21. The summed E-state index contributed by atoms with van der Waals surface area (Å²) < 4.78 is 19.0. The lowest BCUT2D eigenvalue weighted by molar-refractivity contribution is -0.111. The number of benzene rings is 2. The highest BCUT2D eigenvalue weighted by atomic mass is 32.1. The minimum atomic E-state index is -0.388. The predicted octanol–water partition coefficient (Wildman–Crippen LogP) is 4.57. The van der Waals surface area contributed by atoms with Crippen LogP contribution in [0.15, 0.2) is 60.7 Å². The van der Waals surface area contributed by atoms with Crippen molar-refractivity contribution >= 4 is 34.9 Å². The number of hydrogen-bond donors (Lipinski definition) is 2. The average Bonchev–Trinajstić information content (AvgIpc) is 3.21. The number of methoxy groups -OCH3 is 1. The number of rotatable bonds is 6. The molecule has 0 fully saturated rings. The van der Waals surface area contributed by atoms with Gasteiger partial charge in [0.25, 0.3) is 5.91 Å². The number of halogens is 1. The first-order chi connectivity index (χ1) is 14.0. The summed E-state index contributed by atoms with van der Waals surface area (Å²) in [7, 11) is 3.01. The van der Waals surface area contributed by atoms with E-state index in [1.165, 1.54) is 37.6 Å². The van der Waals surface area contributed by atoms with Crippen LogP contribution >= 0.6 is 11.3 Å². The number of ether oxygens (including phenoxy) is 1. The Balaban J connectivity index is 1.74. The van der Waals surface area contributed by atoms with Gasteiger partial charge in [0.1, 0.15) is 11.6 Å². The Bertz CT molecular complexity index is 1080. The fourth-order valence-electron chi connectivity index (χ4n) is 2.66. The van der Waals surface area contributed by atoms with Crippen LogP contribution in [-0.4, -0.2) is 26.0 Å². The fourth-order valence-corrected chi connectivity index (χ4v) is 3.60. The molecular weight excluding hydrogens is 391 g/mol. The quantitative estimate of drug-likeness (QED) is 0.585. The van der Waals surface area contributed by atoms with Gasteiger partial charge in [0, 0.05) is 28.4 Å². The van der Waals surface area contributed by atoms with E-state index in [2.05, 4.69) is 10.6 Å². The highest BCUT2D eigenvalue weighted by Crippen LogP contribution is 2.30. The minimum absolute atomic E-state index is 0.288. The van der Waals surface area contributed by atoms with Gasteiger partial charge < -0.3 is 15.4 Å². The molecule has 0 aliphatic carbocycles.